The summed E-state index contributed by atoms with van der Waals surface area (Å²) in [5.41, 5.74) is 1.81. The molecule has 0 fully saturated rings. The lowest BCUT2D eigenvalue weighted by Gasteiger charge is -2.11. The molecule has 1 unspecified atom stereocenters. The van der Waals surface area contributed by atoms with Crippen molar-refractivity contribution in [2.24, 2.45) is 0 Å². The fraction of sp³-hybridized carbons (Fsp3) is 0.438. The maximum atomic E-state index is 9.62. The SMILES string of the molecule is CCc1nn(CC(C)O)c(CC)c1Oc1cc(Cl)cc(Cl)c1. The molecule has 6 heteroatoms. The maximum absolute atomic E-state index is 9.62. The molecule has 1 N–H and O–H groups in total. The molecule has 0 bridgehead atoms. The van der Waals surface area contributed by atoms with Crippen molar-refractivity contribution < 1.29 is 9.84 Å². The van der Waals surface area contributed by atoms with E-state index in [4.69, 9.17) is 27.9 Å². The number of benzene rings is 1. The van der Waals surface area contributed by atoms with Gasteiger partial charge in [0.25, 0.3) is 0 Å². The molecule has 0 aliphatic rings. The minimum absolute atomic E-state index is 0.440. The van der Waals surface area contributed by atoms with Crippen LogP contribution in [0.2, 0.25) is 10.0 Å². The Labute approximate surface area is 140 Å². The number of halogens is 2. The highest BCUT2D eigenvalue weighted by Crippen LogP contribution is 2.33. The highest BCUT2D eigenvalue weighted by molar-refractivity contribution is 6.34. The van der Waals surface area contributed by atoms with E-state index in [2.05, 4.69) is 5.10 Å². The van der Waals surface area contributed by atoms with Crippen molar-refractivity contribution in [3.8, 4) is 11.5 Å². The van der Waals surface area contributed by atoms with Crippen molar-refractivity contribution in [3.63, 3.8) is 0 Å². The third-order valence-corrected chi connectivity index (χ3v) is 3.68. The first-order chi connectivity index (χ1) is 10.4. The van der Waals surface area contributed by atoms with Gasteiger partial charge < -0.3 is 9.84 Å². The van der Waals surface area contributed by atoms with Crippen LogP contribution < -0.4 is 4.74 Å². The van der Waals surface area contributed by atoms with Gasteiger partial charge in [-0.05, 0) is 38.0 Å². The highest BCUT2D eigenvalue weighted by atomic mass is 35.5. The summed E-state index contributed by atoms with van der Waals surface area (Å²) in [5.74, 6) is 1.31. The van der Waals surface area contributed by atoms with Gasteiger partial charge in [-0.3, -0.25) is 4.68 Å². The first-order valence-electron chi connectivity index (χ1n) is 7.35. The van der Waals surface area contributed by atoms with Crippen LogP contribution in [0.15, 0.2) is 18.2 Å². The molecule has 4 nitrogen and oxygen atoms in total. The molecule has 1 aromatic carbocycles. The quantitative estimate of drug-likeness (QED) is 0.841. The Kier molecular flexibility index (Phi) is 5.73. The highest BCUT2D eigenvalue weighted by Gasteiger charge is 2.19. The Hall–Kier alpha value is -1.23. The summed E-state index contributed by atoms with van der Waals surface area (Å²) in [6.07, 6.45) is 1.02. The third-order valence-electron chi connectivity index (χ3n) is 3.24. The van der Waals surface area contributed by atoms with E-state index in [1.807, 2.05) is 18.5 Å². The van der Waals surface area contributed by atoms with Gasteiger partial charge in [-0.15, -0.1) is 0 Å². The number of hydrogen-bond acceptors (Lipinski definition) is 3. The van der Waals surface area contributed by atoms with E-state index in [9.17, 15) is 5.11 Å². The molecule has 2 aromatic rings. The fourth-order valence-electron chi connectivity index (χ4n) is 2.33. The Morgan fingerprint density at radius 3 is 2.32 bits per heavy atom. The number of aryl methyl sites for hydroxylation is 1. The molecule has 1 aromatic heterocycles. The molecule has 0 aliphatic carbocycles. The van der Waals surface area contributed by atoms with Gasteiger partial charge in [0, 0.05) is 10.0 Å². The molecule has 0 aliphatic heterocycles. The Balaban J connectivity index is 2.42. The number of nitrogens with zero attached hydrogens (tertiary/aromatic N) is 2. The van der Waals surface area contributed by atoms with Gasteiger partial charge in [0.1, 0.15) is 11.4 Å². The van der Waals surface area contributed by atoms with Crippen LogP contribution in [0, 0.1) is 0 Å². The zero-order valence-corrected chi connectivity index (χ0v) is 14.4. The maximum Gasteiger partial charge on any atom is 0.171 e. The molecule has 0 saturated heterocycles. The van der Waals surface area contributed by atoms with Gasteiger partial charge in [-0.2, -0.15) is 5.10 Å². The molecule has 0 radical (unpaired) electrons. The van der Waals surface area contributed by atoms with E-state index >= 15 is 0 Å². The number of aromatic nitrogens is 2. The summed E-state index contributed by atoms with van der Waals surface area (Å²) < 4.78 is 7.82. The van der Waals surface area contributed by atoms with Gasteiger partial charge in [0.15, 0.2) is 5.75 Å². The number of hydrogen-bond donors (Lipinski definition) is 1. The van der Waals surface area contributed by atoms with Crippen LogP contribution in [0.25, 0.3) is 0 Å². The van der Waals surface area contributed by atoms with Crippen LogP contribution in [0.5, 0.6) is 11.5 Å². The average Bonchev–Trinajstić information content (AvgIpc) is 2.73. The number of aliphatic hydroxyl groups excluding tert-OH is 1. The molecule has 2 rings (SSSR count). The molecule has 1 heterocycles. The van der Waals surface area contributed by atoms with Gasteiger partial charge in [-0.25, -0.2) is 0 Å². The minimum atomic E-state index is -0.469. The monoisotopic (exact) mass is 342 g/mol. The van der Waals surface area contributed by atoms with Crippen molar-refractivity contribution in [3.05, 3.63) is 39.6 Å². The summed E-state index contributed by atoms with van der Waals surface area (Å²) >= 11 is 12.0. The summed E-state index contributed by atoms with van der Waals surface area (Å²) in [5, 5.41) is 15.2. The third kappa shape index (κ3) is 3.94. The molecule has 22 heavy (non-hydrogen) atoms. The van der Waals surface area contributed by atoms with E-state index < -0.39 is 6.10 Å². The summed E-state index contributed by atoms with van der Waals surface area (Å²) in [6, 6.07) is 5.10. The molecule has 0 amide bonds. The Morgan fingerprint density at radius 2 is 1.82 bits per heavy atom. The molecule has 1 atom stereocenters. The second kappa shape index (κ2) is 7.36. The molecular formula is C16H20Cl2N2O2. The lowest BCUT2D eigenvalue weighted by molar-refractivity contribution is 0.167. The van der Waals surface area contributed by atoms with Crippen molar-refractivity contribution in [1.29, 1.82) is 0 Å². The predicted molar refractivity (Wildman–Crippen MR) is 89.2 cm³/mol. The van der Waals surface area contributed by atoms with Crippen molar-refractivity contribution >= 4 is 23.2 Å². The standard InChI is InChI=1S/C16H20Cl2N2O2/c1-4-14-16(15(5-2)20(19-14)9-10(3)21)22-13-7-11(17)6-12(18)8-13/h6-8,10,21H,4-5,9H2,1-3H3. The largest absolute Gasteiger partial charge is 0.453 e. The van der Waals surface area contributed by atoms with Crippen molar-refractivity contribution in [1.82, 2.24) is 9.78 Å². The summed E-state index contributed by atoms with van der Waals surface area (Å²) in [4.78, 5) is 0. The van der Waals surface area contributed by atoms with Crippen LogP contribution in [-0.4, -0.2) is 21.0 Å². The van der Waals surface area contributed by atoms with Crippen LogP contribution in [0.1, 0.15) is 32.2 Å². The van der Waals surface area contributed by atoms with E-state index in [1.165, 1.54) is 0 Å². The van der Waals surface area contributed by atoms with Crippen molar-refractivity contribution in [2.45, 2.75) is 46.3 Å². The first-order valence-corrected chi connectivity index (χ1v) is 8.10. The van der Waals surface area contributed by atoms with Crippen molar-refractivity contribution in [2.75, 3.05) is 0 Å². The van der Waals surface area contributed by atoms with Gasteiger partial charge in [-0.1, -0.05) is 37.0 Å². The zero-order valence-electron chi connectivity index (χ0n) is 12.9. The van der Waals surface area contributed by atoms with E-state index in [1.54, 1.807) is 25.1 Å². The van der Waals surface area contributed by atoms with Crippen LogP contribution >= 0.6 is 23.2 Å². The lowest BCUT2D eigenvalue weighted by atomic mass is 10.2. The smallest absolute Gasteiger partial charge is 0.171 e. The van der Waals surface area contributed by atoms with Gasteiger partial charge >= 0.3 is 0 Å². The van der Waals surface area contributed by atoms with E-state index in [0.29, 0.717) is 22.3 Å². The normalized spacial score (nSPS) is 12.5. The van der Waals surface area contributed by atoms with Crippen LogP contribution in [-0.2, 0) is 19.4 Å². The zero-order chi connectivity index (χ0) is 16.3. The first kappa shape index (κ1) is 17.1. The second-order valence-electron chi connectivity index (χ2n) is 5.17. The predicted octanol–water partition coefficient (Wildman–Crippen LogP) is 4.49. The molecule has 0 saturated carbocycles. The Bertz CT molecular complexity index is 634. The Morgan fingerprint density at radius 1 is 1.18 bits per heavy atom. The molecule has 120 valence electrons. The fourth-order valence-corrected chi connectivity index (χ4v) is 2.84. The number of rotatable bonds is 6. The minimum Gasteiger partial charge on any atom is -0.453 e. The molecular weight excluding hydrogens is 323 g/mol. The van der Waals surface area contributed by atoms with E-state index in [0.717, 1.165) is 30.0 Å². The lowest BCUT2D eigenvalue weighted by Crippen LogP contribution is -2.15. The topological polar surface area (TPSA) is 47.3 Å². The average molecular weight is 343 g/mol. The van der Waals surface area contributed by atoms with Gasteiger partial charge in [0.2, 0.25) is 0 Å². The summed E-state index contributed by atoms with van der Waals surface area (Å²) in [6.45, 7) is 6.24. The van der Waals surface area contributed by atoms with Crippen LogP contribution in [0.4, 0.5) is 0 Å². The molecule has 0 spiro atoms. The van der Waals surface area contributed by atoms with Gasteiger partial charge in [0.05, 0.1) is 18.3 Å². The number of aliphatic hydroxyl groups is 1. The number of ether oxygens (including phenoxy) is 1. The summed E-state index contributed by atoms with van der Waals surface area (Å²) in [7, 11) is 0. The van der Waals surface area contributed by atoms with Crippen LogP contribution in [0.3, 0.4) is 0 Å². The van der Waals surface area contributed by atoms with E-state index in [-0.39, 0.29) is 0 Å². The second-order valence-corrected chi connectivity index (χ2v) is 6.04.